The summed E-state index contributed by atoms with van der Waals surface area (Å²) in [5.41, 5.74) is 16.0. The number of rotatable bonds is 6. The summed E-state index contributed by atoms with van der Waals surface area (Å²) in [6.45, 7) is 7.76. The second-order valence-electron chi connectivity index (χ2n) is 8.58. The van der Waals surface area contributed by atoms with Crippen LogP contribution in [0, 0.1) is 18.8 Å². The Morgan fingerprint density at radius 3 is 2.60 bits per heavy atom. The number of thiophene rings is 1. The van der Waals surface area contributed by atoms with Gasteiger partial charge >= 0.3 is 0 Å². The fraction of sp³-hybridized carbons (Fsp3) is 0.179. The third-order valence-electron chi connectivity index (χ3n) is 5.75. The Labute approximate surface area is 234 Å². The van der Waals surface area contributed by atoms with E-state index in [0.717, 1.165) is 21.9 Å². The lowest BCUT2D eigenvalue weighted by Gasteiger charge is -2.11. The van der Waals surface area contributed by atoms with Crippen molar-refractivity contribution in [1.82, 2.24) is 29.0 Å². The van der Waals surface area contributed by atoms with E-state index < -0.39 is 5.91 Å². The third kappa shape index (κ3) is 5.79. The zero-order valence-electron chi connectivity index (χ0n) is 22.4. The molecule has 204 valence electrons. The van der Waals surface area contributed by atoms with Gasteiger partial charge in [-0.25, -0.2) is 14.6 Å². The topological polar surface area (TPSA) is 152 Å². The lowest BCUT2D eigenvalue weighted by molar-refractivity contribution is 0.0993. The van der Waals surface area contributed by atoms with E-state index in [-0.39, 0.29) is 17.1 Å². The molecule has 0 radical (unpaired) electrons. The standard InChI is InChI=1S/C20H16N4OS.C8H13N5O/c1-3-17-22-19-18(20(25)24(17)16-7-5-4-6-8-16)15(13-26-19)10-9-14-11-21-23(2)12-14;1-3-4-11-13-5(2)12-7(9)6(13)8(10)14/h4-8,11-13H,3H2,1-2H3;3,11H,1,4,9H2,2H3,(H2,10,14). The van der Waals surface area contributed by atoms with Crippen LogP contribution in [-0.2, 0) is 13.5 Å². The van der Waals surface area contributed by atoms with Crippen molar-refractivity contribution in [1.29, 1.82) is 0 Å². The van der Waals surface area contributed by atoms with Crippen LogP contribution in [-0.4, -0.2) is 41.4 Å². The summed E-state index contributed by atoms with van der Waals surface area (Å²) < 4.78 is 4.84. The van der Waals surface area contributed by atoms with Crippen LogP contribution in [0.25, 0.3) is 15.9 Å². The molecule has 1 aromatic carbocycles. The van der Waals surface area contributed by atoms with Gasteiger partial charge in [-0.2, -0.15) is 5.10 Å². The van der Waals surface area contributed by atoms with Crippen LogP contribution in [0.15, 0.2) is 65.6 Å². The van der Waals surface area contributed by atoms with Crippen LogP contribution >= 0.6 is 11.3 Å². The van der Waals surface area contributed by atoms with Gasteiger partial charge in [0.2, 0.25) is 0 Å². The van der Waals surface area contributed by atoms with E-state index in [2.05, 4.69) is 33.9 Å². The first-order valence-corrected chi connectivity index (χ1v) is 13.2. The molecule has 11 nitrogen and oxygen atoms in total. The van der Waals surface area contributed by atoms with Crippen molar-refractivity contribution in [2.75, 3.05) is 17.7 Å². The Hall–Kier alpha value is -5.15. The van der Waals surface area contributed by atoms with E-state index in [1.165, 1.54) is 16.0 Å². The van der Waals surface area contributed by atoms with Crippen molar-refractivity contribution in [3.05, 3.63) is 99.6 Å². The highest BCUT2D eigenvalue weighted by molar-refractivity contribution is 7.17. The number of anilines is 1. The molecule has 5 rings (SSSR count). The smallest absolute Gasteiger partial charge is 0.271 e. The SMILES string of the molecule is C=CCNn1c(C)nc(N)c1C(N)=O.CCc1nc2scc(C#Cc3cnn(C)c3)c2c(=O)n1-c1ccccc1. The maximum absolute atomic E-state index is 13.3. The Morgan fingerprint density at radius 1 is 1.23 bits per heavy atom. The van der Waals surface area contributed by atoms with Crippen LogP contribution in [0.5, 0.6) is 0 Å². The van der Waals surface area contributed by atoms with E-state index in [0.29, 0.717) is 29.7 Å². The Balaban J connectivity index is 0.000000224. The van der Waals surface area contributed by atoms with Gasteiger partial charge in [0.15, 0.2) is 11.5 Å². The summed E-state index contributed by atoms with van der Waals surface area (Å²) in [5.74, 6) is 7.03. The first-order chi connectivity index (χ1) is 19.2. The fourth-order valence-electron chi connectivity index (χ4n) is 3.97. The van der Waals surface area contributed by atoms with Crippen LogP contribution in [0.3, 0.4) is 0 Å². The number of hydrogen-bond donors (Lipinski definition) is 3. The van der Waals surface area contributed by atoms with E-state index >= 15 is 0 Å². The highest BCUT2D eigenvalue weighted by atomic mass is 32.1. The number of amides is 1. The summed E-state index contributed by atoms with van der Waals surface area (Å²) in [4.78, 5) is 33.7. The second kappa shape index (κ2) is 12.1. The first-order valence-electron chi connectivity index (χ1n) is 12.3. The highest BCUT2D eigenvalue weighted by Gasteiger charge is 2.17. The largest absolute Gasteiger partial charge is 0.382 e. The summed E-state index contributed by atoms with van der Waals surface area (Å²) >= 11 is 1.45. The van der Waals surface area contributed by atoms with Crippen molar-refractivity contribution in [3.63, 3.8) is 0 Å². The number of para-hydroxylation sites is 1. The first kappa shape index (κ1) is 27.9. The van der Waals surface area contributed by atoms with Crippen molar-refractivity contribution >= 4 is 33.3 Å². The zero-order chi connectivity index (χ0) is 28.8. The highest BCUT2D eigenvalue weighted by Crippen LogP contribution is 2.22. The molecule has 0 aliphatic rings. The van der Waals surface area contributed by atoms with Crippen LogP contribution in [0.4, 0.5) is 5.82 Å². The molecule has 12 heteroatoms. The molecule has 0 bridgehead atoms. The molecule has 0 aliphatic heterocycles. The number of primary amides is 1. The summed E-state index contributed by atoms with van der Waals surface area (Å²) in [5, 5.41) is 6.59. The molecule has 5 aromatic rings. The number of nitrogens with two attached hydrogens (primary N) is 2. The quantitative estimate of drug-likeness (QED) is 0.215. The second-order valence-corrected chi connectivity index (χ2v) is 9.44. The number of carbonyl (C=O) groups is 1. The van der Waals surface area contributed by atoms with Gasteiger partial charge in [-0.3, -0.25) is 18.8 Å². The summed E-state index contributed by atoms with van der Waals surface area (Å²) in [7, 11) is 1.85. The number of imidazole rings is 1. The monoisotopic (exact) mass is 555 g/mol. The van der Waals surface area contributed by atoms with E-state index in [4.69, 9.17) is 16.5 Å². The zero-order valence-corrected chi connectivity index (χ0v) is 23.2. The number of benzene rings is 1. The molecule has 0 saturated heterocycles. The molecule has 4 heterocycles. The normalized spacial score (nSPS) is 10.4. The molecule has 0 unspecified atom stereocenters. The van der Waals surface area contributed by atoms with Crippen molar-refractivity contribution in [2.24, 2.45) is 12.8 Å². The van der Waals surface area contributed by atoms with Gasteiger partial charge in [0.1, 0.15) is 16.5 Å². The molecule has 0 aliphatic carbocycles. The lowest BCUT2D eigenvalue weighted by Crippen LogP contribution is -2.25. The Bertz CT molecular complexity index is 1800. The number of hydrogen-bond acceptors (Lipinski definition) is 8. The fourth-order valence-corrected chi connectivity index (χ4v) is 4.85. The molecule has 1 amide bonds. The maximum atomic E-state index is 13.3. The average Bonchev–Trinajstić information content (AvgIpc) is 3.63. The number of aryl methyl sites for hydroxylation is 3. The third-order valence-corrected chi connectivity index (χ3v) is 6.63. The molecular formula is C28H29N9O2S. The molecule has 40 heavy (non-hydrogen) atoms. The summed E-state index contributed by atoms with van der Waals surface area (Å²) in [6, 6.07) is 9.61. The number of aromatic nitrogens is 6. The van der Waals surface area contributed by atoms with Gasteiger partial charge in [-0.15, -0.1) is 17.9 Å². The number of carbonyl (C=O) groups excluding carboxylic acids is 1. The number of nitrogens with one attached hydrogen (secondary N) is 1. The van der Waals surface area contributed by atoms with Gasteiger partial charge < -0.3 is 16.9 Å². The molecule has 0 saturated carbocycles. The van der Waals surface area contributed by atoms with Gasteiger partial charge in [-0.1, -0.05) is 43.0 Å². The molecular weight excluding hydrogens is 526 g/mol. The van der Waals surface area contributed by atoms with E-state index in [9.17, 15) is 9.59 Å². The Morgan fingerprint density at radius 2 is 1.98 bits per heavy atom. The minimum atomic E-state index is -0.611. The minimum Gasteiger partial charge on any atom is -0.382 e. The number of nitrogen functional groups attached to an aromatic ring is 1. The van der Waals surface area contributed by atoms with E-state index in [1.807, 2.05) is 55.9 Å². The van der Waals surface area contributed by atoms with E-state index in [1.54, 1.807) is 28.4 Å². The minimum absolute atomic E-state index is 0.0743. The van der Waals surface area contributed by atoms with Crippen molar-refractivity contribution < 1.29 is 4.79 Å². The van der Waals surface area contributed by atoms with Gasteiger partial charge in [-0.05, 0) is 19.1 Å². The molecule has 0 spiro atoms. The number of nitrogens with zero attached hydrogens (tertiary/aromatic N) is 6. The molecule has 0 fully saturated rings. The predicted molar refractivity (Wildman–Crippen MR) is 158 cm³/mol. The Kier molecular flexibility index (Phi) is 8.46. The van der Waals surface area contributed by atoms with Crippen molar-refractivity contribution in [2.45, 2.75) is 20.3 Å². The van der Waals surface area contributed by atoms with Gasteiger partial charge in [0, 0.05) is 31.6 Å². The van der Waals surface area contributed by atoms with Crippen LogP contribution in [0.2, 0.25) is 0 Å². The van der Waals surface area contributed by atoms with Gasteiger partial charge in [0.25, 0.3) is 11.5 Å². The molecule has 5 N–H and O–H groups in total. The lowest BCUT2D eigenvalue weighted by atomic mass is 10.2. The van der Waals surface area contributed by atoms with Crippen molar-refractivity contribution in [3.8, 4) is 17.5 Å². The van der Waals surface area contributed by atoms with Crippen LogP contribution < -0.4 is 22.5 Å². The molecule has 0 atom stereocenters. The number of fused-ring (bicyclic) bond motifs is 1. The average molecular weight is 556 g/mol. The molecule has 4 aromatic heterocycles. The van der Waals surface area contributed by atoms with Gasteiger partial charge in [0.05, 0.1) is 28.4 Å². The maximum Gasteiger partial charge on any atom is 0.271 e. The predicted octanol–water partition coefficient (Wildman–Crippen LogP) is 2.75. The van der Waals surface area contributed by atoms with Crippen LogP contribution in [0.1, 0.15) is 40.2 Å². The summed E-state index contributed by atoms with van der Waals surface area (Å²) in [6.07, 6.45) is 5.88.